The maximum Gasteiger partial charge on any atom is 0.263 e. The van der Waals surface area contributed by atoms with Gasteiger partial charge in [0.2, 0.25) is 0 Å². The van der Waals surface area contributed by atoms with E-state index < -0.39 is 10.0 Å². The molecule has 1 heterocycles. The predicted molar refractivity (Wildman–Crippen MR) is 86.5 cm³/mol. The number of nitrogens with two attached hydrogens (primary N) is 1. The number of aromatic nitrogens is 1. The van der Waals surface area contributed by atoms with Gasteiger partial charge in [-0.3, -0.25) is 4.72 Å². The third-order valence-electron chi connectivity index (χ3n) is 2.88. The van der Waals surface area contributed by atoms with E-state index in [1.807, 2.05) is 13.8 Å². The molecule has 1 aromatic heterocycles. The maximum atomic E-state index is 12.3. The van der Waals surface area contributed by atoms with Crippen molar-refractivity contribution >= 4 is 37.5 Å². The van der Waals surface area contributed by atoms with Crippen molar-refractivity contribution in [3.05, 3.63) is 46.1 Å². The lowest BCUT2D eigenvalue weighted by Gasteiger charge is -2.11. The summed E-state index contributed by atoms with van der Waals surface area (Å²) in [4.78, 5) is 3.96. The number of pyridine rings is 1. The van der Waals surface area contributed by atoms with Crippen LogP contribution in [0.5, 0.6) is 0 Å². The molecule has 0 saturated heterocycles. The first-order valence-electron chi connectivity index (χ1n) is 6.06. The van der Waals surface area contributed by atoms with Gasteiger partial charge in [-0.05, 0) is 49.2 Å². The number of benzene rings is 1. The zero-order chi connectivity index (χ0) is 15.6. The van der Waals surface area contributed by atoms with Gasteiger partial charge in [-0.1, -0.05) is 15.9 Å². The van der Waals surface area contributed by atoms with E-state index in [9.17, 15) is 8.42 Å². The molecule has 0 bridgehead atoms. The van der Waals surface area contributed by atoms with E-state index in [2.05, 4.69) is 31.1 Å². The highest BCUT2D eigenvalue weighted by atomic mass is 79.9. The van der Waals surface area contributed by atoms with E-state index in [1.165, 1.54) is 18.3 Å². The van der Waals surface area contributed by atoms with Crippen molar-refractivity contribution in [1.29, 1.82) is 0 Å². The Balaban J connectivity index is 2.32. The van der Waals surface area contributed by atoms with Crippen LogP contribution in [0, 0.1) is 13.8 Å². The molecule has 0 unspecified atom stereocenters. The van der Waals surface area contributed by atoms with Crippen LogP contribution in [0.3, 0.4) is 0 Å². The fourth-order valence-electron chi connectivity index (χ4n) is 1.84. The van der Waals surface area contributed by atoms with Gasteiger partial charge in [-0.15, -0.1) is 0 Å². The van der Waals surface area contributed by atoms with Crippen molar-refractivity contribution in [2.24, 2.45) is 5.84 Å². The summed E-state index contributed by atoms with van der Waals surface area (Å²) in [5.41, 5.74) is 4.76. The number of nitrogens with one attached hydrogen (secondary N) is 2. The highest BCUT2D eigenvalue weighted by Gasteiger charge is 2.15. The van der Waals surface area contributed by atoms with Gasteiger partial charge >= 0.3 is 0 Å². The molecule has 21 heavy (non-hydrogen) atoms. The summed E-state index contributed by atoms with van der Waals surface area (Å²) in [7, 11) is -3.68. The fourth-order valence-corrected chi connectivity index (χ4v) is 3.06. The Labute approximate surface area is 131 Å². The Kier molecular flexibility index (Phi) is 4.50. The first-order chi connectivity index (χ1) is 9.83. The van der Waals surface area contributed by atoms with Crippen LogP contribution >= 0.6 is 15.9 Å². The summed E-state index contributed by atoms with van der Waals surface area (Å²) in [6.45, 7) is 3.80. The lowest BCUT2D eigenvalue weighted by atomic mass is 10.1. The number of hydrazine groups is 1. The predicted octanol–water partition coefficient (Wildman–Crippen LogP) is 2.55. The number of nitrogen functional groups attached to an aromatic ring is 1. The van der Waals surface area contributed by atoms with Crippen LogP contribution in [-0.4, -0.2) is 13.4 Å². The minimum absolute atomic E-state index is 0.0692. The molecule has 1 aromatic carbocycles. The average Bonchev–Trinajstić information content (AvgIpc) is 2.44. The standard InChI is InChI=1S/C13H15BrN4O2S/c1-8-5-10(6-9(2)13(8)14)18-21(19,20)11-3-4-12(17-15)16-7-11/h3-7,18H,15H2,1-2H3,(H,16,17). The van der Waals surface area contributed by atoms with Crippen LogP contribution in [0.15, 0.2) is 39.8 Å². The van der Waals surface area contributed by atoms with E-state index in [0.717, 1.165) is 15.6 Å². The Morgan fingerprint density at radius 2 is 1.81 bits per heavy atom. The average molecular weight is 371 g/mol. The third-order valence-corrected chi connectivity index (χ3v) is 5.50. The molecular weight excluding hydrogens is 356 g/mol. The van der Waals surface area contributed by atoms with Crippen LogP contribution < -0.4 is 16.0 Å². The number of hydrogen-bond donors (Lipinski definition) is 3. The number of hydrogen-bond acceptors (Lipinski definition) is 5. The largest absolute Gasteiger partial charge is 0.308 e. The maximum absolute atomic E-state index is 12.3. The van der Waals surface area contributed by atoms with E-state index in [1.54, 1.807) is 12.1 Å². The van der Waals surface area contributed by atoms with Crippen LogP contribution in [0.4, 0.5) is 11.5 Å². The molecule has 6 nitrogen and oxygen atoms in total. The SMILES string of the molecule is Cc1cc(NS(=O)(=O)c2ccc(NN)nc2)cc(C)c1Br. The van der Waals surface area contributed by atoms with Gasteiger partial charge in [0.1, 0.15) is 10.7 Å². The van der Waals surface area contributed by atoms with Crippen molar-refractivity contribution in [3.8, 4) is 0 Å². The minimum atomic E-state index is -3.68. The Hall–Kier alpha value is -1.64. The number of halogens is 1. The molecular formula is C13H15BrN4O2S. The van der Waals surface area contributed by atoms with Crippen molar-refractivity contribution in [2.75, 3.05) is 10.1 Å². The van der Waals surface area contributed by atoms with Crippen LogP contribution in [0.25, 0.3) is 0 Å². The van der Waals surface area contributed by atoms with Crippen molar-refractivity contribution < 1.29 is 8.42 Å². The molecule has 0 spiro atoms. The topological polar surface area (TPSA) is 97.1 Å². The van der Waals surface area contributed by atoms with Gasteiger partial charge in [-0.25, -0.2) is 19.2 Å². The monoisotopic (exact) mass is 370 g/mol. The van der Waals surface area contributed by atoms with Gasteiger partial charge in [0.25, 0.3) is 10.0 Å². The summed E-state index contributed by atoms with van der Waals surface area (Å²) in [6.07, 6.45) is 1.25. The van der Waals surface area contributed by atoms with Crippen molar-refractivity contribution in [2.45, 2.75) is 18.7 Å². The molecule has 2 aromatic rings. The van der Waals surface area contributed by atoms with Crippen molar-refractivity contribution in [3.63, 3.8) is 0 Å². The summed E-state index contributed by atoms with van der Waals surface area (Å²) < 4.78 is 28.1. The van der Waals surface area contributed by atoms with E-state index >= 15 is 0 Å². The second kappa shape index (κ2) is 6.00. The number of nitrogens with zero attached hydrogens (tertiary/aromatic N) is 1. The zero-order valence-corrected chi connectivity index (χ0v) is 13.9. The molecule has 0 radical (unpaired) electrons. The summed E-state index contributed by atoms with van der Waals surface area (Å²) >= 11 is 3.45. The van der Waals surface area contributed by atoms with Gasteiger partial charge in [-0.2, -0.15) is 0 Å². The van der Waals surface area contributed by atoms with Gasteiger partial charge in [0.05, 0.1) is 0 Å². The fraction of sp³-hybridized carbons (Fsp3) is 0.154. The molecule has 0 amide bonds. The van der Waals surface area contributed by atoms with Gasteiger partial charge in [0.15, 0.2) is 0 Å². The second-order valence-electron chi connectivity index (χ2n) is 4.55. The summed E-state index contributed by atoms with van der Waals surface area (Å²) in [5.74, 6) is 5.59. The van der Waals surface area contributed by atoms with Crippen molar-refractivity contribution in [1.82, 2.24) is 4.98 Å². The highest BCUT2D eigenvalue weighted by Crippen LogP contribution is 2.26. The normalized spacial score (nSPS) is 11.2. The first kappa shape index (κ1) is 15.7. The molecule has 0 atom stereocenters. The molecule has 0 fully saturated rings. The Bertz CT molecular complexity index is 737. The van der Waals surface area contributed by atoms with Crippen LogP contribution in [-0.2, 0) is 10.0 Å². The second-order valence-corrected chi connectivity index (χ2v) is 7.03. The number of rotatable bonds is 4. The minimum Gasteiger partial charge on any atom is -0.308 e. The Morgan fingerprint density at radius 3 is 2.29 bits per heavy atom. The summed E-state index contributed by atoms with van der Waals surface area (Å²) in [5, 5.41) is 0. The third kappa shape index (κ3) is 3.52. The quantitative estimate of drug-likeness (QED) is 0.567. The van der Waals surface area contributed by atoms with Crippen LogP contribution in [0.1, 0.15) is 11.1 Å². The first-order valence-corrected chi connectivity index (χ1v) is 8.33. The highest BCUT2D eigenvalue weighted by molar-refractivity contribution is 9.10. The smallest absolute Gasteiger partial charge is 0.263 e. The number of sulfonamides is 1. The van der Waals surface area contributed by atoms with Gasteiger partial charge in [0, 0.05) is 16.4 Å². The molecule has 2 rings (SSSR count). The number of aryl methyl sites for hydroxylation is 2. The molecule has 0 aliphatic heterocycles. The molecule has 0 aliphatic rings. The van der Waals surface area contributed by atoms with Crippen LogP contribution in [0.2, 0.25) is 0 Å². The van der Waals surface area contributed by atoms with E-state index in [4.69, 9.17) is 5.84 Å². The summed E-state index contributed by atoms with van der Waals surface area (Å²) in [6, 6.07) is 6.45. The Morgan fingerprint density at radius 1 is 1.19 bits per heavy atom. The number of anilines is 2. The van der Waals surface area contributed by atoms with E-state index in [-0.39, 0.29) is 4.90 Å². The molecule has 0 aliphatic carbocycles. The molecule has 0 saturated carbocycles. The zero-order valence-electron chi connectivity index (χ0n) is 11.5. The molecule has 112 valence electrons. The lowest BCUT2D eigenvalue weighted by Crippen LogP contribution is -2.14. The molecule has 8 heteroatoms. The van der Waals surface area contributed by atoms with E-state index in [0.29, 0.717) is 11.5 Å². The molecule has 4 N–H and O–H groups in total. The van der Waals surface area contributed by atoms with Gasteiger partial charge < -0.3 is 5.43 Å². The lowest BCUT2D eigenvalue weighted by molar-refractivity contribution is 0.601.